The van der Waals surface area contributed by atoms with Crippen molar-refractivity contribution in [1.29, 1.82) is 0 Å². The molecule has 1 nitrogen and oxygen atoms in total. The van der Waals surface area contributed by atoms with E-state index in [4.69, 9.17) is 0 Å². The first-order chi connectivity index (χ1) is 12.9. The van der Waals surface area contributed by atoms with E-state index in [-0.39, 0.29) is 6.10 Å². The smallest absolute Gasteiger partial charge is 0.0577 e. The molecule has 8 atom stereocenters. The first kappa shape index (κ1) is 20.0. The fourth-order valence-corrected chi connectivity index (χ4v) is 8.11. The second-order valence-electron chi connectivity index (χ2n) is 11.5. The normalized spacial score (nSPS) is 45.0. The van der Waals surface area contributed by atoms with Crippen LogP contribution < -0.4 is 0 Å². The van der Waals surface area contributed by atoms with Crippen LogP contribution in [-0.4, -0.2) is 11.2 Å². The van der Waals surface area contributed by atoms with Gasteiger partial charge in [0.15, 0.2) is 0 Å². The van der Waals surface area contributed by atoms with Crippen LogP contribution in [-0.2, 0) is 0 Å². The van der Waals surface area contributed by atoms with Crippen LogP contribution in [0.2, 0.25) is 0 Å². The van der Waals surface area contributed by atoms with Gasteiger partial charge in [-0.15, -0.1) is 0 Å². The molecule has 4 rings (SSSR count). The Hall–Kier alpha value is -0.300. The zero-order valence-corrected chi connectivity index (χ0v) is 18.4. The van der Waals surface area contributed by atoms with E-state index in [0.29, 0.717) is 5.41 Å². The monoisotopic (exact) mass is 372 g/mol. The first-order valence-electron chi connectivity index (χ1n) is 12.3. The molecule has 1 heteroatoms. The lowest BCUT2D eigenvalue weighted by Crippen LogP contribution is -2.47. The number of hydrogen-bond donors (Lipinski definition) is 1. The summed E-state index contributed by atoms with van der Waals surface area (Å²) in [5.74, 6) is 6.68. The Morgan fingerprint density at radius 2 is 1.78 bits per heavy atom. The number of aliphatic hydroxyl groups excluding tert-OH is 1. The van der Waals surface area contributed by atoms with Gasteiger partial charge < -0.3 is 5.11 Å². The first-order valence-corrected chi connectivity index (χ1v) is 12.3. The van der Waals surface area contributed by atoms with E-state index >= 15 is 0 Å². The van der Waals surface area contributed by atoms with Crippen molar-refractivity contribution in [3.63, 3.8) is 0 Å². The summed E-state index contributed by atoms with van der Waals surface area (Å²) in [7, 11) is 0. The molecule has 0 saturated heterocycles. The molecule has 0 spiro atoms. The van der Waals surface area contributed by atoms with Gasteiger partial charge in [0.2, 0.25) is 0 Å². The molecule has 0 aromatic heterocycles. The largest absolute Gasteiger partial charge is 0.393 e. The number of rotatable bonds is 5. The predicted molar refractivity (Wildman–Crippen MR) is 114 cm³/mol. The lowest BCUT2D eigenvalue weighted by molar-refractivity contribution is -0.0152. The molecule has 3 saturated carbocycles. The van der Waals surface area contributed by atoms with Crippen LogP contribution in [0.15, 0.2) is 11.6 Å². The summed E-state index contributed by atoms with van der Waals surface area (Å²) in [4.78, 5) is 0. The molecule has 0 bridgehead atoms. The van der Waals surface area contributed by atoms with Crippen molar-refractivity contribution in [2.45, 2.75) is 104 Å². The van der Waals surface area contributed by atoms with Gasteiger partial charge in [0.05, 0.1) is 6.10 Å². The van der Waals surface area contributed by atoms with Crippen LogP contribution in [0.4, 0.5) is 0 Å². The van der Waals surface area contributed by atoms with Gasteiger partial charge in [0.25, 0.3) is 0 Å². The van der Waals surface area contributed by atoms with Crippen LogP contribution >= 0.6 is 0 Å². The molecular formula is C26H44O. The van der Waals surface area contributed by atoms with Gasteiger partial charge in [-0.3, -0.25) is 0 Å². The summed E-state index contributed by atoms with van der Waals surface area (Å²) in [6.07, 6.45) is 17.3. The average molecular weight is 373 g/mol. The van der Waals surface area contributed by atoms with Crippen molar-refractivity contribution < 1.29 is 5.11 Å². The molecule has 0 heterocycles. The molecule has 1 unspecified atom stereocenters. The zero-order chi connectivity index (χ0) is 19.2. The standard InChI is InChI=1S/C26H44O/c1-17(2)6-5-7-18(3)21-10-11-23-22(21)12-13-25-24(23)9-8-19-16-20(27)14-15-26(19,25)4/h8,17-18,20-25,27H,5-7,9-16H2,1-4H3/t18-,20+,21-,22?,23-,24+,25+,26+/m1/s1. The van der Waals surface area contributed by atoms with E-state index in [0.717, 1.165) is 54.3 Å². The summed E-state index contributed by atoms with van der Waals surface area (Å²) in [5, 5.41) is 10.2. The van der Waals surface area contributed by atoms with Gasteiger partial charge in [-0.1, -0.05) is 58.6 Å². The highest BCUT2D eigenvalue weighted by Crippen LogP contribution is 2.62. The van der Waals surface area contributed by atoms with Gasteiger partial charge in [-0.25, -0.2) is 0 Å². The molecule has 0 aromatic rings. The molecule has 0 amide bonds. The molecule has 0 radical (unpaired) electrons. The van der Waals surface area contributed by atoms with Gasteiger partial charge in [0, 0.05) is 0 Å². The van der Waals surface area contributed by atoms with E-state index in [1.54, 1.807) is 5.57 Å². The van der Waals surface area contributed by atoms with Crippen molar-refractivity contribution in [2.75, 3.05) is 0 Å². The maximum atomic E-state index is 10.2. The van der Waals surface area contributed by atoms with Crippen LogP contribution in [0.3, 0.4) is 0 Å². The molecule has 4 aliphatic rings. The summed E-state index contributed by atoms with van der Waals surface area (Å²) in [6, 6.07) is 0. The summed E-state index contributed by atoms with van der Waals surface area (Å²) in [6.45, 7) is 9.87. The third-order valence-electron chi connectivity index (χ3n) is 9.62. The molecule has 0 aromatic carbocycles. The minimum atomic E-state index is -0.0697. The van der Waals surface area contributed by atoms with Crippen molar-refractivity contribution in [2.24, 2.45) is 46.8 Å². The quantitative estimate of drug-likeness (QED) is 0.515. The van der Waals surface area contributed by atoms with E-state index < -0.39 is 0 Å². The molecule has 4 aliphatic carbocycles. The van der Waals surface area contributed by atoms with Crippen molar-refractivity contribution in [1.82, 2.24) is 0 Å². The van der Waals surface area contributed by atoms with Crippen LogP contribution in [0.25, 0.3) is 0 Å². The summed E-state index contributed by atoms with van der Waals surface area (Å²) in [5.41, 5.74) is 2.03. The summed E-state index contributed by atoms with van der Waals surface area (Å²) < 4.78 is 0. The molecule has 3 fully saturated rings. The third kappa shape index (κ3) is 3.67. The highest BCUT2D eigenvalue weighted by molar-refractivity contribution is 5.24. The van der Waals surface area contributed by atoms with E-state index in [2.05, 4.69) is 33.8 Å². The molecule has 27 heavy (non-hydrogen) atoms. The van der Waals surface area contributed by atoms with Crippen molar-refractivity contribution in [3.8, 4) is 0 Å². The average Bonchev–Trinajstić information content (AvgIpc) is 3.06. The van der Waals surface area contributed by atoms with Gasteiger partial charge in [-0.2, -0.15) is 0 Å². The Kier molecular flexibility index (Phi) is 5.81. The number of allylic oxidation sites excluding steroid dienone is 1. The second-order valence-corrected chi connectivity index (χ2v) is 11.5. The highest BCUT2D eigenvalue weighted by Gasteiger charge is 2.54. The van der Waals surface area contributed by atoms with Crippen molar-refractivity contribution in [3.05, 3.63) is 11.6 Å². The Morgan fingerprint density at radius 1 is 1.00 bits per heavy atom. The minimum Gasteiger partial charge on any atom is -0.393 e. The maximum Gasteiger partial charge on any atom is 0.0577 e. The zero-order valence-electron chi connectivity index (χ0n) is 18.4. The molecule has 1 N–H and O–H groups in total. The molecule has 154 valence electrons. The predicted octanol–water partition coefficient (Wildman–Crippen LogP) is 7.00. The van der Waals surface area contributed by atoms with E-state index in [9.17, 15) is 5.11 Å². The van der Waals surface area contributed by atoms with Crippen LogP contribution in [0.5, 0.6) is 0 Å². The van der Waals surface area contributed by atoms with Gasteiger partial charge in [-0.05, 0) is 98.2 Å². The number of aliphatic hydroxyl groups is 1. The number of fused-ring (bicyclic) bond motifs is 5. The topological polar surface area (TPSA) is 20.2 Å². The van der Waals surface area contributed by atoms with E-state index in [1.807, 2.05) is 0 Å². The molecule has 0 aliphatic heterocycles. The fraction of sp³-hybridized carbons (Fsp3) is 0.923. The van der Waals surface area contributed by atoms with Gasteiger partial charge >= 0.3 is 0 Å². The fourth-order valence-electron chi connectivity index (χ4n) is 8.11. The highest BCUT2D eigenvalue weighted by atomic mass is 16.3. The maximum absolute atomic E-state index is 10.2. The van der Waals surface area contributed by atoms with E-state index in [1.165, 1.54) is 57.8 Å². The van der Waals surface area contributed by atoms with Gasteiger partial charge in [0.1, 0.15) is 0 Å². The third-order valence-corrected chi connectivity index (χ3v) is 9.62. The minimum absolute atomic E-state index is 0.0697. The second kappa shape index (κ2) is 7.85. The Bertz CT molecular complexity index is 548. The Morgan fingerprint density at radius 3 is 2.56 bits per heavy atom. The molecular weight excluding hydrogens is 328 g/mol. The summed E-state index contributed by atoms with van der Waals surface area (Å²) >= 11 is 0. The van der Waals surface area contributed by atoms with Crippen LogP contribution in [0, 0.1) is 46.8 Å². The number of hydrogen-bond acceptors (Lipinski definition) is 1. The van der Waals surface area contributed by atoms with Crippen molar-refractivity contribution >= 4 is 0 Å². The lowest BCUT2D eigenvalue weighted by Gasteiger charge is -2.55. The SMILES string of the molecule is CC(C)CCC[C@@H](C)[C@H]1CC[C@@H]2C1CC[C@H]1[C@H]2CC=C2C[C@@H](O)CC[C@@]21C. The lowest BCUT2D eigenvalue weighted by atomic mass is 9.50. The van der Waals surface area contributed by atoms with Crippen LogP contribution in [0.1, 0.15) is 98.3 Å². The Labute approximate surface area is 168 Å². The Balaban J connectivity index is 1.43.